The van der Waals surface area contributed by atoms with Gasteiger partial charge in [0.2, 0.25) is 0 Å². The van der Waals surface area contributed by atoms with Crippen molar-refractivity contribution < 1.29 is 41.0 Å². The monoisotopic (exact) mass is 416 g/mol. The normalized spacial score (nSPS) is 11.2. The van der Waals surface area contributed by atoms with Gasteiger partial charge < -0.3 is 13.9 Å². The molecule has 2 N–H and O–H groups in total. The summed E-state index contributed by atoms with van der Waals surface area (Å²) in [5.41, 5.74) is 4.49. The second-order valence-corrected chi connectivity index (χ2v) is 5.56. The Morgan fingerprint density at radius 2 is 1.72 bits per heavy atom. The van der Waals surface area contributed by atoms with E-state index in [1.54, 1.807) is 13.8 Å². The predicted octanol–water partition coefficient (Wildman–Crippen LogP) is 3.57. The largest absolute Gasteiger partial charge is 0.466 e. The van der Waals surface area contributed by atoms with Crippen molar-refractivity contribution >= 4 is 17.9 Å². The highest BCUT2D eigenvalue weighted by atomic mass is 19.3. The number of alkyl halides is 4. The molecule has 2 aromatic rings. The quantitative estimate of drug-likeness (QED) is 0.409. The SMILES string of the molecule is Cc1cc(C(=O)NNC(=O)/C=C/c2ccc(OC(F)F)cc2OC(F)F)c(C)o1. The summed E-state index contributed by atoms with van der Waals surface area (Å²) in [5, 5.41) is 0. The highest BCUT2D eigenvalue weighted by molar-refractivity contribution is 5.98. The lowest BCUT2D eigenvalue weighted by Gasteiger charge is -2.11. The highest BCUT2D eigenvalue weighted by Crippen LogP contribution is 2.28. The molecule has 7 nitrogen and oxygen atoms in total. The number of hydrazine groups is 1. The van der Waals surface area contributed by atoms with Gasteiger partial charge in [0.15, 0.2) is 0 Å². The van der Waals surface area contributed by atoms with Crippen molar-refractivity contribution in [2.24, 2.45) is 0 Å². The zero-order chi connectivity index (χ0) is 21.6. The van der Waals surface area contributed by atoms with Crippen LogP contribution in [0.3, 0.4) is 0 Å². The molecule has 0 bridgehead atoms. The molecule has 1 aromatic carbocycles. The summed E-state index contributed by atoms with van der Waals surface area (Å²) in [6, 6.07) is 4.56. The zero-order valence-electron chi connectivity index (χ0n) is 15.2. The van der Waals surface area contributed by atoms with Gasteiger partial charge in [-0.05, 0) is 38.1 Å². The number of nitrogens with one attached hydrogen (secondary N) is 2. The zero-order valence-corrected chi connectivity index (χ0v) is 15.2. The molecule has 0 fully saturated rings. The van der Waals surface area contributed by atoms with Crippen molar-refractivity contribution in [1.82, 2.24) is 10.9 Å². The molecule has 11 heteroatoms. The topological polar surface area (TPSA) is 89.8 Å². The van der Waals surface area contributed by atoms with E-state index in [-0.39, 0.29) is 11.1 Å². The molecule has 1 heterocycles. The van der Waals surface area contributed by atoms with E-state index in [9.17, 15) is 27.2 Å². The van der Waals surface area contributed by atoms with Crippen LogP contribution < -0.4 is 20.3 Å². The maximum absolute atomic E-state index is 12.5. The third-order valence-corrected chi connectivity index (χ3v) is 3.43. The number of carbonyl (C=O) groups is 2. The second kappa shape index (κ2) is 9.62. The number of hydrogen-bond donors (Lipinski definition) is 2. The number of benzene rings is 1. The van der Waals surface area contributed by atoms with E-state index in [0.29, 0.717) is 11.5 Å². The van der Waals surface area contributed by atoms with Crippen molar-refractivity contribution in [2.45, 2.75) is 27.1 Å². The molecule has 0 spiro atoms. The Morgan fingerprint density at radius 3 is 2.31 bits per heavy atom. The summed E-state index contributed by atoms with van der Waals surface area (Å²) in [6.45, 7) is -3.14. The van der Waals surface area contributed by atoms with Crippen LogP contribution in [0.5, 0.6) is 11.5 Å². The molecule has 29 heavy (non-hydrogen) atoms. The molecule has 1 aromatic heterocycles. The van der Waals surface area contributed by atoms with Crippen molar-refractivity contribution in [3.63, 3.8) is 0 Å². The molecule has 0 atom stereocenters. The first kappa shape index (κ1) is 21.8. The molecule has 156 valence electrons. The lowest BCUT2D eigenvalue weighted by Crippen LogP contribution is -2.40. The molecule has 0 aliphatic carbocycles. The molecule has 0 aliphatic rings. The Labute approximate surface area is 162 Å². The smallest absolute Gasteiger partial charge is 0.387 e. The minimum Gasteiger partial charge on any atom is -0.466 e. The minimum atomic E-state index is -3.22. The van der Waals surface area contributed by atoms with Gasteiger partial charge in [-0.15, -0.1) is 0 Å². The van der Waals surface area contributed by atoms with Crippen molar-refractivity contribution in [1.29, 1.82) is 0 Å². The fourth-order valence-corrected chi connectivity index (χ4v) is 2.28. The van der Waals surface area contributed by atoms with Gasteiger partial charge >= 0.3 is 13.2 Å². The Kier molecular flexibility index (Phi) is 7.23. The Morgan fingerprint density at radius 1 is 1.03 bits per heavy atom. The third-order valence-electron chi connectivity index (χ3n) is 3.43. The number of hydrogen-bond acceptors (Lipinski definition) is 5. The molecule has 0 aliphatic heterocycles. The van der Waals surface area contributed by atoms with E-state index in [1.165, 1.54) is 6.07 Å². The van der Waals surface area contributed by atoms with E-state index in [2.05, 4.69) is 20.3 Å². The number of aryl methyl sites for hydroxylation is 2. The number of carbonyl (C=O) groups excluding carboxylic acids is 2. The Hall–Kier alpha value is -3.50. The lowest BCUT2D eigenvalue weighted by molar-refractivity contribution is -0.117. The first-order valence-electron chi connectivity index (χ1n) is 8.05. The predicted molar refractivity (Wildman–Crippen MR) is 92.5 cm³/mol. The summed E-state index contributed by atoms with van der Waals surface area (Å²) in [4.78, 5) is 23.8. The summed E-state index contributed by atoms with van der Waals surface area (Å²) < 4.78 is 63.1. The van der Waals surface area contributed by atoms with Gasteiger partial charge in [0.25, 0.3) is 11.8 Å². The van der Waals surface area contributed by atoms with E-state index in [1.807, 2.05) is 0 Å². The van der Waals surface area contributed by atoms with Crippen LogP contribution in [0, 0.1) is 13.8 Å². The van der Waals surface area contributed by atoms with Crippen LogP contribution >= 0.6 is 0 Å². The lowest BCUT2D eigenvalue weighted by atomic mass is 10.1. The molecule has 0 saturated carbocycles. The molecule has 0 saturated heterocycles. The van der Waals surface area contributed by atoms with Gasteiger partial charge in [-0.1, -0.05) is 0 Å². The number of ether oxygens (including phenoxy) is 2. The summed E-state index contributed by atoms with van der Waals surface area (Å²) in [7, 11) is 0. The van der Waals surface area contributed by atoms with E-state index >= 15 is 0 Å². The van der Waals surface area contributed by atoms with Gasteiger partial charge in [0.05, 0.1) is 5.56 Å². The molecule has 0 unspecified atom stereocenters. The van der Waals surface area contributed by atoms with Crippen LogP contribution in [0.15, 0.2) is 34.8 Å². The summed E-state index contributed by atoms with van der Waals surface area (Å²) in [5.74, 6) is -1.39. The fraction of sp³-hybridized carbons (Fsp3) is 0.222. The number of rotatable bonds is 7. The van der Waals surface area contributed by atoms with Crippen LogP contribution in [-0.2, 0) is 4.79 Å². The Balaban J connectivity index is 2.04. The van der Waals surface area contributed by atoms with E-state index in [4.69, 9.17) is 4.42 Å². The van der Waals surface area contributed by atoms with Crippen molar-refractivity contribution in [3.05, 3.63) is 53.0 Å². The van der Waals surface area contributed by atoms with Crippen LogP contribution in [-0.4, -0.2) is 25.0 Å². The van der Waals surface area contributed by atoms with Gasteiger partial charge in [-0.2, -0.15) is 17.6 Å². The average molecular weight is 416 g/mol. The molecular weight excluding hydrogens is 400 g/mol. The van der Waals surface area contributed by atoms with Gasteiger partial charge in [-0.3, -0.25) is 20.4 Å². The standard InChI is InChI=1S/C18H16F4N2O5/c1-9-7-13(10(2)27-9)16(26)24-23-15(25)6-4-11-3-5-12(28-17(19)20)8-14(11)29-18(21)22/h3-8,17-18H,1-2H3,(H,23,25)(H,24,26)/b6-4+. The Bertz CT molecular complexity index is 912. The van der Waals surface area contributed by atoms with Gasteiger partial charge in [-0.25, -0.2) is 0 Å². The number of amides is 2. The maximum Gasteiger partial charge on any atom is 0.387 e. The van der Waals surface area contributed by atoms with Gasteiger partial charge in [0, 0.05) is 17.7 Å². The summed E-state index contributed by atoms with van der Waals surface area (Å²) >= 11 is 0. The number of furan rings is 1. The average Bonchev–Trinajstić information content (AvgIpc) is 2.96. The highest BCUT2D eigenvalue weighted by Gasteiger charge is 2.14. The van der Waals surface area contributed by atoms with Crippen LogP contribution in [0.4, 0.5) is 17.6 Å². The molecule has 2 amide bonds. The van der Waals surface area contributed by atoms with Crippen LogP contribution in [0.2, 0.25) is 0 Å². The molecule has 0 radical (unpaired) electrons. The maximum atomic E-state index is 12.5. The molecule has 2 rings (SSSR count). The van der Waals surface area contributed by atoms with E-state index < -0.39 is 36.5 Å². The minimum absolute atomic E-state index is 0.00491. The second-order valence-electron chi connectivity index (χ2n) is 5.56. The van der Waals surface area contributed by atoms with Crippen molar-refractivity contribution in [3.8, 4) is 11.5 Å². The molecular formula is C18H16F4N2O5. The number of halogens is 4. The van der Waals surface area contributed by atoms with Crippen LogP contribution in [0.1, 0.15) is 27.4 Å². The van der Waals surface area contributed by atoms with Crippen LogP contribution in [0.25, 0.3) is 6.08 Å². The van der Waals surface area contributed by atoms with Crippen molar-refractivity contribution in [2.75, 3.05) is 0 Å². The first-order chi connectivity index (χ1) is 13.7. The van der Waals surface area contributed by atoms with E-state index in [0.717, 1.165) is 30.4 Å². The third kappa shape index (κ3) is 6.55. The summed E-state index contributed by atoms with van der Waals surface area (Å²) in [6.07, 6.45) is 2.02. The first-order valence-corrected chi connectivity index (χ1v) is 8.05. The van der Waals surface area contributed by atoms with Gasteiger partial charge in [0.1, 0.15) is 23.0 Å². The fourth-order valence-electron chi connectivity index (χ4n) is 2.28.